The van der Waals surface area contributed by atoms with E-state index in [1.165, 1.54) is 22.3 Å². The van der Waals surface area contributed by atoms with Crippen molar-refractivity contribution in [2.24, 2.45) is 11.8 Å². The molecule has 0 radical (unpaired) electrons. The van der Waals surface area contributed by atoms with Gasteiger partial charge in [0.25, 0.3) is 11.8 Å². The summed E-state index contributed by atoms with van der Waals surface area (Å²) >= 11 is 14.9. The number of rotatable bonds is 12. The molecule has 4 aromatic carbocycles. The summed E-state index contributed by atoms with van der Waals surface area (Å²) in [6.45, 7) is 5.35. The number of amides is 2. The number of carbonyl (C=O) groups excluding carboxylic acids is 4. The molecular weight excluding hydrogens is 879 g/mol. The number of benzene rings is 4. The third-order valence-electron chi connectivity index (χ3n) is 14.5. The molecule has 0 N–H and O–H groups in total. The van der Waals surface area contributed by atoms with Gasteiger partial charge in [-0.25, -0.2) is 9.59 Å². The first-order chi connectivity index (χ1) is 32.1. The van der Waals surface area contributed by atoms with Crippen LogP contribution >= 0.6 is 23.2 Å². The lowest BCUT2D eigenvalue weighted by Gasteiger charge is -2.40. The second kappa shape index (κ2) is 19.1. The highest BCUT2D eigenvalue weighted by molar-refractivity contribution is 6.29. The molecule has 14 heteroatoms. The zero-order chi connectivity index (χ0) is 45.6. The fraction of sp³-hybridized carbons (Fsp3) is 0.462. The van der Waals surface area contributed by atoms with Crippen molar-refractivity contribution in [3.8, 4) is 0 Å². The van der Waals surface area contributed by atoms with Gasteiger partial charge in [0.1, 0.15) is 24.2 Å². The van der Waals surface area contributed by atoms with Crippen LogP contribution in [0, 0.1) is 11.8 Å². The number of likely N-dealkylation sites (tertiary alicyclic amines) is 2. The average Bonchev–Trinajstić information content (AvgIpc) is 4.30. The third-order valence-corrected chi connectivity index (χ3v) is 15.4. The van der Waals surface area contributed by atoms with Crippen LogP contribution in [0.15, 0.2) is 72.8 Å². The maximum absolute atomic E-state index is 13.7. The van der Waals surface area contributed by atoms with Crippen LogP contribution in [-0.4, -0.2) is 108 Å². The van der Waals surface area contributed by atoms with Crippen molar-refractivity contribution in [2.45, 2.75) is 87.3 Å². The number of hydroxylamine groups is 4. The van der Waals surface area contributed by atoms with Crippen LogP contribution in [0.25, 0.3) is 33.7 Å². The van der Waals surface area contributed by atoms with E-state index in [2.05, 4.69) is 70.5 Å². The molecule has 4 fully saturated rings. The minimum absolute atomic E-state index is 0.261. The van der Waals surface area contributed by atoms with Crippen LogP contribution < -0.4 is 0 Å². The van der Waals surface area contributed by atoms with Gasteiger partial charge < -0.3 is 19.1 Å². The Morgan fingerprint density at radius 3 is 1.41 bits per heavy atom. The summed E-state index contributed by atoms with van der Waals surface area (Å²) in [6.07, 6.45) is 13.0. The van der Waals surface area contributed by atoms with E-state index in [-0.39, 0.29) is 26.4 Å². The third kappa shape index (κ3) is 8.76. The number of alkyl halides is 2. The largest absolute Gasteiger partial charge is 0.444 e. The van der Waals surface area contributed by atoms with Crippen molar-refractivity contribution < 1.29 is 38.3 Å². The molecule has 4 aliphatic carbocycles. The molecule has 6 atom stereocenters. The number of piperidine rings is 2. The molecule has 4 aromatic rings. The SMILES string of the molecule is CCOCC(=O)N(OC(=O)C(=O)ON(C(=O)COCC)C1CCN([C@H](Cl)c2c3c(cc4ccccc24)C=C[C@H]2C[C@@H]32)CC1)C1CCN([C@H](Cl)c2c3c(cc4ccccc24)C=C[C@H]2C[C@@H]32)CC1. The second-order valence-electron chi connectivity index (χ2n) is 18.4. The molecule has 0 aromatic heterocycles. The van der Waals surface area contributed by atoms with Crippen molar-refractivity contribution in [1.82, 2.24) is 19.9 Å². The van der Waals surface area contributed by atoms with Gasteiger partial charge >= 0.3 is 11.9 Å². The highest BCUT2D eigenvalue weighted by atomic mass is 35.5. The monoisotopic (exact) mass is 934 g/mol. The summed E-state index contributed by atoms with van der Waals surface area (Å²) in [5.41, 5.74) is 6.49. The van der Waals surface area contributed by atoms with Crippen LogP contribution in [0.4, 0.5) is 0 Å². The van der Waals surface area contributed by atoms with Crippen LogP contribution in [-0.2, 0) is 38.3 Å². The Labute approximate surface area is 395 Å². The molecule has 66 heavy (non-hydrogen) atoms. The Bertz CT molecular complexity index is 2430. The molecule has 0 bridgehead atoms. The summed E-state index contributed by atoms with van der Waals surface area (Å²) in [6, 6.07) is 20.1. The molecule has 2 aliphatic heterocycles. The summed E-state index contributed by atoms with van der Waals surface area (Å²) in [5.74, 6) is -2.07. The Morgan fingerprint density at radius 2 is 1.02 bits per heavy atom. The number of hydrogen-bond donors (Lipinski definition) is 0. The van der Waals surface area contributed by atoms with Gasteiger partial charge in [-0.1, -0.05) is 72.8 Å². The lowest BCUT2D eigenvalue weighted by atomic mass is 9.87. The minimum Gasteiger partial charge on any atom is -0.372 e. The number of carbonyl (C=O) groups is 4. The second-order valence-corrected chi connectivity index (χ2v) is 19.3. The van der Waals surface area contributed by atoms with E-state index >= 15 is 0 Å². The molecule has 2 saturated heterocycles. The van der Waals surface area contributed by atoms with E-state index < -0.39 is 46.8 Å². The van der Waals surface area contributed by atoms with E-state index in [1.54, 1.807) is 13.8 Å². The smallest absolute Gasteiger partial charge is 0.372 e. The lowest BCUT2D eigenvalue weighted by molar-refractivity contribution is -0.232. The Morgan fingerprint density at radius 1 is 0.621 bits per heavy atom. The van der Waals surface area contributed by atoms with Crippen molar-refractivity contribution in [1.29, 1.82) is 0 Å². The van der Waals surface area contributed by atoms with Crippen LogP contribution in [0.5, 0.6) is 0 Å². The molecule has 346 valence electrons. The number of nitrogens with zero attached hydrogens (tertiary/aromatic N) is 4. The van der Waals surface area contributed by atoms with Crippen LogP contribution in [0.2, 0.25) is 0 Å². The van der Waals surface area contributed by atoms with E-state index in [1.807, 2.05) is 24.3 Å². The highest BCUT2D eigenvalue weighted by Gasteiger charge is 2.45. The number of fused-ring (bicyclic) bond motifs is 8. The fourth-order valence-electron chi connectivity index (χ4n) is 10.9. The van der Waals surface area contributed by atoms with Crippen LogP contribution in [0.1, 0.15) is 109 Å². The maximum atomic E-state index is 13.7. The zero-order valence-electron chi connectivity index (χ0n) is 37.4. The Hall–Kier alpha value is -4.82. The zero-order valence-corrected chi connectivity index (χ0v) is 38.9. The van der Waals surface area contributed by atoms with Crippen molar-refractivity contribution in [3.63, 3.8) is 0 Å². The van der Waals surface area contributed by atoms with E-state index in [0.29, 0.717) is 75.5 Å². The number of hydrogen-bond acceptors (Lipinski definition) is 10. The Kier molecular flexibility index (Phi) is 13.0. The predicted molar refractivity (Wildman–Crippen MR) is 253 cm³/mol. The Balaban J connectivity index is 0.812. The first-order valence-electron chi connectivity index (χ1n) is 23.6. The molecule has 2 saturated carbocycles. The van der Waals surface area contributed by atoms with Gasteiger partial charge in [-0.15, -0.1) is 23.2 Å². The maximum Gasteiger partial charge on any atom is 0.444 e. The molecule has 2 heterocycles. The molecule has 10 rings (SSSR count). The van der Waals surface area contributed by atoms with Gasteiger partial charge in [0, 0.05) is 39.4 Å². The van der Waals surface area contributed by atoms with E-state index in [9.17, 15) is 19.2 Å². The molecule has 6 aliphatic rings. The molecule has 0 spiro atoms. The topological polar surface area (TPSA) is 118 Å². The summed E-state index contributed by atoms with van der Waals surface area (Å²) in [5, 5.41) is 6.45. The average molecular weight is 936 g/mol. The van der Waals surface area contributed by atoms with Crippen LogP contribution in [0.3, 0.4) is 0 Å². The predicted octanol–water partition coefficient (Wildman–Crippen LogP) is 9.00. The van der Waals surface area contributed by atoms with E-state index in [0.717, 1.165) is 55.6 Å². The quantitative estimate of drug-likeness (QED) is 0.0590. The fourth-order valence-corrected chi connectivity index (χ4v) is 11.8. The first kappa shape index (κ1) is 45.0. The summed E-state index contributed by atoms with van der Waals surface area (Å²) in [4.78, 5) is 70.2. The van der Waals surface area contributed by atoms with Gasteiger partial charge in [-0.2, -0.15) is 10.1 Å². The molecule has 12 nitrogen and oxygen atoms in total. The van der Waals surface area contributed by atoms with Crippen molar-refractivity contribution >= 4 is 80.7 Å². The van der Waals surface area contributed by atoms with Crippen molar-refractivity contribution in [2.75, 3.05) is 52.6 Å². The molecule has 2 amide bonds. The first-order valence-corrected chi connectivity index (χ1v) is 24.5. The minimum atomic E-state index is -1.42. The summed E-state index contributed by atoms with van der Waals surface area (Å²) in [7, 11) is 0. The van der Waals surface area contributed by atoms with Gasteiger partial charge in [0.2, 0.25) is 0 Å². The number of ether oxygens (including phenoxy) is 2. The van der Waals surface area contributed by atoms with E-state index in [4.69, 9.17) is 42.4 Å². The lowest BCUT2D eigenvalue weighted by Crippen LogP contribution is -2.52. The van der Waals surface area contributed by atoms with Gasteiger partial charge in [0.05, 0.1) is 12.1 Å². The normalized spacial score (nSPS) is 23.3. The van der Waals surface area contributed by atoms with Crippen molar-refractivity contribution in [3.05, 3.63) is 106 Å². The summed E-state index contributed by atoms with van der Waals surface area (Å²) < 4.78 is 10.9. The highest BCUT2D eigenvalue weighted by Crippen LogP contribution is 2.58. The number of allylic oxidation sites excluding steroid dienone is 2. The standard InChI is InChI=1S/C52H56Cl2N4O8/c1-3-63-29-43(59)57(37-17-21-55(22-18-37)49(53)47-39-11-7-5-9-31(39)25-35-15-13-33-27-41(33)45(35)47)65-51(61)52(62)66-58(44(60)30-64-4-2)38-19-23-56(24-20-38)50(54)48-40-12-8-6-10-32(40)26-36-16-14-34-28-42(34)46(36)48/h5-16,25-26,33-34,37-38,41-42,49-50H,3-4,17-24,27-30H2,1-2H3/t33-,34-,41+,42+,49-,50-/m0/s1. The number of halogens is 2. The van der Waals surface area contributed by atoms with Gasteiger partial charge in [-0.05, 0) is 143 Å². The molecule has 0 unspecified atom stereocenters. The van der Waals surface area contributed by atoms with Gasteiger partial charge in [0.15, 0.2) is 0 Å². The van der Waals surface area contributed by atoms with Gasteiger partial charge in [-0.3, -0.25) is 19.4 Å². The molecular formula is C52H56Cl2N4O8.